The second kappa shape index (κ2) is 11.7. The van der Waals surface area contributed by atoms with Crippen LogP contribution in [0, 0.1) is 5.92 Å². The van der Waals surface area contributed by atoms with Crippen LogP contribution in [0.2, 0.25) is 0 Å². The lowest BCUT2D eigenvalue weighted by Gasteiger charge is -2.46. The molecule has 0 N–H and O–H groups in total. The standard InChI is InChI=1S/C32H41NP2/c1-4-29-20-21-30(26-14-8-5-9-15-26)34(29)33(24-25(2)3)35-31(27-16-10-6-11-17-27)22-23-32(35)28-18-12-7-13-19-28/h5-19,25,29-32H,4,20-24H2,1-3H3/t29-,30+,31+,32+,34?/m1/s1. The molecule has 0 amide bonds. The third-order valence-electron chi connectivity index (χ3n) is 7.90. The van der Waals surface area contributed by atoms with E-state index in [9.17, 15) is 0 Å². The fourth-order valence-electron chi connectivity index (χ4n) is 6.35. The number of hydrogen-bond donors (Lipinski definition) is 0. The minimum Gasteiger partial charge on any atom is -0.258 e. The van der Waals surface area contributed by atoms with Gasteiger partial charge < -0.3 is 0 Å². The molecule has 2 aliphatic heterocycles. The first-order chi connectivity index (χ1) is 17.2. The summed E-state index contributed by atoms with van der Waals surface area (Å²) in [5, 5.41) is 0. The summed E-state index contributed by atoms with van der Waals surface area (Å²) in [5.41, 5.74) is 7.65. The maximum atomic E-state index is 3.18. The van der Waals surface area contributed by atoms with Crippen molar-refractivity contribution in [1.82, 2.24) is 4.44 Å². The molecule has 3 heteroatoms. The van der Waals surface area contributed by atoms with Gasteiger partial charge in [-0.05, 0) is 76.5 Å². The van der Waals surface area contributed by atoms with Gasteiger partial charge in [-0.1, -0.05) is 112 Å². The largest absolute Gasteiger partial charge is 0.258 e. The van der Waals surface area contributed by atoms with Crippen LogP contribution in [0.1, 0.15) is 86.5 Å². The maximum absolute atomic E-state index is 3.18. The Bertz CT molecular complexity index is 991. The number of nitrogens with zero attached hydrogens (tertiary/aromatic N) is 1. The van der Waals surface area contributed by atoms with Crippen LogP contribution in [-0.4, -0.2) is 16.6 Å². The highest BCUT2D eigenvalue weighted by atomic mass is 31.2. The highest BCUT2D eigenvalue weighted by molar-refractivity contribution is 7.71. The van der Waals surface area contributed by atoms with Gasteiger partial charge in [0.1, 0.15) is 0 Å². The minimum absolute atomic E-state index is 0.227. The quantitative estimate of drug-likeness (QED) is 0.278. The summed E-state index contributed by atoms with van der Waals surface area (Å²) in [6.45, 7) is 8.57. The van der Waals surface area contributed by atoms with Crippen LogP contribution in [0.25, 0.3) is 0 Å². The number of rotatable bonds is 8. The molecule has 3 aromatic carbocycles. The molecule has 0 spiro atoms. The lowest BCUT2D eigenvalue weighted by atomic mass is 10.0. The molecular formula is C32H41NP2. The SMILES string of the molecule is CC[C@@H]1CC[C@@H](c2ccccc2)P1N(CC(C)C)P1[C@H](c2ccccc2)CC[C@H]1c1ccccc1. The van der Waals surface area contributed by atoms with Gasteiger partial charge in [0.05, 0.1) is 0 Å². The lowest BCUT2D eigenvalue weighted by Crippen LogP contribution is -2.25. The number of hydrogen-bond acceptors (Lipinski definition) is 1. The van der Waals surface area contributed by atoms with Gasteiger partial charge in [-0.15, -0.1) is 0 Å². The molecule has 184 valence electrons. The molecule has 2 heterocycles. The smallest absolute Gasteiger partial charge is 0.0183 e. The molecule has 1 unspecified atom stereocenters. The molecule has 3 aromatic rings. The van der Waals surface area contributed by atoms with Gasteiger partial charge in [0, 0.05) is 23.5 Å². The number of benzene rings is 3. The average molecular weight is 502 g/mol. The predicted octanol–water partition coefficient (Wildman–Crippen LogP) is 10.3. The summed E-state index contributed by atoms with van der Waals surface area (Å²) in [4.78, 5) is 0. The Kier molecular flexibility index (Phi) is 8.40. The summed E-state index contributed by atoms with van der Waals surface area (Å²) in [7, 11) is -0.546. The van der Waals surface area contributed by atoms with Crippen molar-refractivity contribution in [2.24, 2.45) is 5.92 Å². The molecule has 2 fully saturated rings. The fraction of sp³-hybridized carbons (Fsp3) is 0.438. The van der Waals surface area contributed by atoms with Crippen molar-refractivity contribution in [3.05, 3.63) is 108 Å². The summed E-state index contributed by atoms with van der Waals surface area (Å²) in [6, 6.07) is 34.6. The predicted molar refractivity (Wildman–Crippen MR) is 155 cm³/mol. The molecule has 0 bridgehead atoms. The zero-order valence-electron chi connectivity index (χ0n) is 21.6. The van der Waals surface area contributed by atoms with Crippen LogP contribution in [0.15, 0.2) is 91.0 Å². The van der Waals surface area contributed by atoms with Gasteiger partial charge in [-0.3, -0.25) is 4.44 Å². The van der Waals surface area contributed by atoms with Crippen LogP contribution in [0.4, 0.5) is 0 Å². The van der Waals surface area contributed by atoms with E-state index in [1.54, 1.807) is 16.7 Å². The summed E-state index contributed by atoms with van der Waals surface area (Å²) in [6.07, 6.45) is 6.71. The average Bonchev–Trinajstić information content (AvgIpc) is 3.54. The van der Waals surface area contributed by atoms with Crippen molar-refractivity contribution >= 4 is 16.1 Å². The molecule has 0 aliphatic carbocycles. The second-order valence-electron chi connectivity index (χ2n) is 10.7. The van der Waals surface area contributed by atoms with Gasteiger partial charge in [0.15, 0.2) is 0 Å². The molecule has 0 aromatic heterocycles. The van der Waals surface area contributed by atoms with Crippen LogP contribution in [0.3, 0.4) is 0 Å². The third kappa shape index (κ3) is 5.44. The fourth-order valence-corrected chi connectivity index (χ4v) is 15.6. The van der Waals surface area contributed by atoms with Gasteiger partial charge in [0.2, 0.25) is 0 Å². The first-order valence-corrected chi connectivity index (χ1v) is 16.5. The van der Waals surface area contributed by atoms with E-state index in [4.69, 9.17) is 0 Å². The van der Waals surface area contributed by atoms with E-state index in [0.717, 1.165) is 5.66 Å². The van der Waals surface area contributed by atoms with Gasteiger partial charge in [0.25, 0.3) is 0 Å². The van der Waals surface area contributed by atoms with Crippen molar-refractivity contribution in [2.45, 2.75) is 75.5 Å². The molecule has 0 saturated carbocycles. The van der Waals surface area contributed by atoms with E-state index >= 15 is 0 Å². The topological polar surface area (TPSA) is 3.24 Å². The first-order valence-electron chi connectivity index (χ1n) is 13.7. The van der Waals surface area contributed by atoms with Crippen molar-refractivity contribution in [2.75, 3.05) is 6.54 Å². The Hall–Kier alpha value is -1.52. The molecule has 2 saturated heterocycles. The Morgan fingerprint density at radius 2 is 1.03 bits per heavy atom. The zero-order chi connectivity index (χ0) is 24.2. The van der Waals surface area contributed by atoms with Crippen molar-refractivity contribution in [3.8, 4) is 0 Å². The molecular weight excluding hydrogens is 460 g/mol. The second-order valence-corrected chi connectivity index (χ2v) is 16.1. The first kappa shape index (κ1) is 25.1. The summed E-state index contributed by atoms with van der Waals surface area (Å²) >= 11 is 0. The Labute approximate surface area is 216 Å². The van der Waals surface area contributed by atoms with E-state index in [1.165, 1.54) is 38.6 Å². The van der Waals surface area contributed by atoms with Crippen molar-refractivity contribution in [1.29, 1.82) is 0 Å². The molecule has 1 nitrogen and oxygen atoms in total. The molecule has 2 aliphatic rings. The highest BCUT2D eigenvalue weighted by Crippen LogP contribution is 2.81. The summed E-state index contributed by atoms with van der Waals surface area (Å²) in [5.74, 6) is 0.683. The van der Waals surface area contributed by atoms with E-state index < -0.39 is 0 Å². The van der Waals surface area contributed by atoms with Gasteiger partial charge in [-0.2, -0.15) is 0 Å². The van der Waals surface area contributed by atoms with Crippen LogP contribution in [-0.2, 0) is 0 Å². The van der Waals surface area contributed by atoms with E-state index in [1.807, 2.05) is 0 Å². The molecule has 5 atom stereocenters. The van der Waals surface area contributed by atoms with Crippen molar-refractivity contribution < 1.29 is 0 Å². The molecule has 35 heavy (non-hydrogen) atoms. The van der Waals surface area contributed by atoms with Crippen LogP contribution < -0.4 is 0 Å². The zero-order valence-corrected chi connectivity index (χ0v) is 23.4. The van der Waals surface area contributed by atoms with Crippen LogP contribution in [0.5, 0.6) is 0 Å². The Balaban J connectivity index is 1.61. The van der Waals surface area contributed by atoms with Crippen LogP contribution >= 0.6 is 16.1 Å². The van der Waals surface area contributed by atoms with E-state index in [-0.39, 0.29) is 16.1 Å². The maximum Gasteiger partial charge on any atom is 0.0183 e. The molecule has 5 rings (SSSR count). The Morgan fingerprint density at radius 3 is 1.43 bits per heavy atom. The lowest BCUT2D eigenvalue weighted by molar-refractivity contribution is 0.526. The normalized spacial score (nSPS) is 27.2. The highest BCUT2D eigenvalue weighted by Gasteiger charge is 2.48. The van der Waals surface area contributed by atoms with E-state index in [2.05, 4.69) is 116 Å². The monoisotopic (exact) mass is 501 g/mol. The van der Waals surface area contributed by atoms with Crippen molar-refractivity contribution in [3.63, 3.8) is 0 Å². The summed E-state index contributed by atoms with van der Waals surface area (Å²) < 4.78 is 3.18. The van der Waals surface area contributed by atoms with E-state index in [0.29, 0.717) is 22.9 Å². The molecule has 0 radical (unpaired) electrons. The van der Waals surface area contributed by atoms with Gasteiger partial charge >= 0.3 is 0 Å². The third-order valence-corrected chi connectivity index (χ3v) is 15.5. The Morgan fingerprint density at radius 1 is 0.629 bits per heavy atom. The minimum atomic E-state index is -0.319. The van der Waals surface area contributed by atoms with Gasteiger partial charge in [-0.25, -0.2) is 0 Å².